The summed E-state index contributed by atoms with van der Waals surface area (Å²) in [4.78, 5) is 20.8. The van der Waals surface area contributed by atoms with Gasteiger partial charge in [0.15, 0.2) is 0 Å². The van der Waals surface area contributed by atoms with Gasteiger partial charge >= 0.3 is 0 Å². The van der Waals surface area contributed by atoms with E-state index in [1.807, 2.05) is 94.4 Å². The Bertz CT molecular complexity index is 1590. The number of fused-ring (bicyclic) bond motifs is 1. The number of aromatic nitrogens is 2. The Morgan fingerprint density at radius 2 is 1.40 bits per heavy atom. The van der Waals surface area contributed by atoms with E-state index in [4.69, 9.17) is 9.72 Å². The number of nitrogens with zero attached hydrogens (tertiary/aromatic N) is 3. The van der Waals surface area contributed by atoms with Crippen LogP contribution in [-0.2, 0) is 35.8 Å². The van der Waals surface area contributed by atoms with Gasteiger partial charge in [-0.05, 0) is 33.9 Å². The van der Waals surface area contributed by atoms with Gasteiger partial charge in [0.05, 0.1) is 29.9 Å². The second-order valence-corrected chi connectivity index (χ2v) is 9.98. The molecule has 6 rings (SSSR count). The van der Waals surface area contributed by atoms with Crippen LogP contribution in [0.25, 0.3) is 22.8 Å². The van der Waals surface area contributed by atoms with E-state index in [0.717, 1.165) is 33.6 Å². The van der Waals surface area contributed by atoms with Crippen molar-refractivity contribution in [2.45, 2.75) is 26.3 Å². The van der Waals surface area contributed by atoms with Crippen molar-refractivity contribution in [3.8, 4) is 11.1 Å². The molecule has 0 fully saturated rings. The van der Waals surface area contributed by atoms with Gasteiger partial charge < -0.3 is 14.2 Å². The maximum atomic E-state index is 14.1. The van der Waals surface area contributed by atoms with Gasteiger partial charge in [-0.3, -0.25) is 4.79 Å². The average molecular weight is 526 g/mol. The number of hydrogen-bond acceptors (Lipinski definition) is 3. The molecule has 40 heavy (non-hydrogen) atoms. The normalized spacial score (nSPS) is 14.2. The molecule has 4 aromatic carbocycles. The number of benzene rings is 4. The summed E-state index contributed by atoms with van der Waals surface area (Å²) in [7, 11) is 0. The first kappa shape index (κ1) is 25.5. The molecule has 0 atom stereocenters. The summed E-state index contributed by atoms with van der Waals surface area (Å²) in [6, 6.07) is 38.9. The molecule has 0 radical (unpaired) electrons. The molecular weight excluding hydrogens is 494 g/mol. The third-order valence-electron chi connectivity index (χ3n) is 7.19. The van der Waals surface area contributed by atoms with Crippen LogP contribution in [-0.4, -0.2) is 26.9 Å². The van der Waals surface area contributed by atoms with Crippen molar-refractivity contribution in [1.82, 2.24) is 14.5 Å². The Morgan fingerprint density at radius 1 is 0.750 bits per heavy atom. The van der Waals surface area contributed by atoms with Gasteiger partial charge in [0.1, 0.15) is 6.73 Å². The summed E-state index contributed by atoms with van der Waals surface area (Å²) in [6.07, 6.45) is 4.45. The Hall–Kier alpha value is -4.74. The minimum Gasteiger partial charge on any atom is -0.356 e. The molecule has 0 aliphatic carbocycles. The molecule has 5 aromatic rings. The molecule has 1 aliphatic heterocycles. The largest absolute Gasteiger partial charge is 0.356 e. The lowest BCUT2D eigenvalue weighted by Crippen LogP contribution is -2.31. The Kier molecular flexibility index (Phi) is 7.64. The lowest BCUT2D eigenvalue weighted by Gasteiger charge is -2.22. The van der Waals surface area contributed by atoms with E-state index >= 15 is 0 Å². The zero-order valence-electron chi connectivity index (χ0n) is 22.3. The molecule has 5 nitrogen and oxygen atoms in total. The monoisotopic (exact) mass is 525 g/mol. The van der Waals surface area contributed by atoms with E-state index in [2.05, 4.69) is 36.4 Å². The van der Waals surface area contributed by atoms with Crippen LogP contribution in [0.4, 0.5) is 0 Å². The van der Waals surface area contributed by atoms with Crippen LogP contribution in [0.3, 0.4) is 0 Å². The summed E-state index contributed by atoms with van der Waals surface area (Å²) in [5, 5.41) is 0. The first-order valence-electron chi connectivity index (χ1n) is 13.6. The molecule has 2 heterocycles. The summed E-state index contributed by atoms with van der Waals surface area (Å²) < 4.78 is 8.01. The molecule has 1 aromatic heterocycles. The molecule has 1 aliphatic rings. The van der Waals surface area contributed by atoms with Gasteiger partial charge in [-0.1, -0.05) is 115 Å². The van der Waals surface area contributed by atoms with Gasteiger partial charge in [0.25, 0.3) is 5.91 Å². The van der Waals surface area contributed by atoms with Crippen LogP contribution in [0.2, 0.25) is 0 Å². The fourth-order valence-corrected chi connectivity index (χ4v) is 5.12. The number of rotatable bonds is 8. The van der Waals surface area contributed by atoms with E-state index in [1.54, 1.807) is 6.33 Å². The molecule has 0 saturated heterocycles. The molecule has 0 saturated carbocycles. The van der Waals surface area contributed by atoms with Crippen molar-refractivity contribution >= 4 is 17.6 Å². The van der Waals surface area contributed by atoms with E-state index in [-0.39, 0.29) is 5.91 Å². The molecule has 0 spiro atoms. The number of hydrogen-bond donors (Lipinski definition) is 0. The van der Waals surface area contributed by atoms with Gasteiger partial charge in [-0.25, -0.2) is 4.98 Å². The minimum atomic E-state index is -0.000418. The zero-order chi connectivity index (χ0) is 27.1. The van der Waals surface area contributed by atoms with Crippen molar-refractivity contribution in [2.75, 3.05) is 6.54 Å². The van der Waals surface area contributed by atoms with E-state index in [1.165, 1.54) is 5.56 Å². The van der Waals surface area contributed by atoms with Crippen LogP contribution in [0.5, 0.6) is 0 Å². The molecule has 5 heteroatoms. The minimum absolute atomic E-state index is 0.000418. The van der Waals surface area contributed by atoms with Crippen LogP contribution in [0, 0.1) is 0 Å². The average Bonchev–Trinajstić information content (AvgIpc) is 3.36. The highest BCUT2D eigenvalue weighted by Crippen LogP contribution is 2.29. The van der Waals surface area contributed by atoms with Crippen molar-refractivity contribution < 1.29 is 9.53 Å². The predicted molar refractivity (Wildman–Crippen MR) is 159 cm³/mol. The van der Waals surface area contributed by atoms with Gasteiger partial charge in [-0.2, -0.15) is 0 Å². The summed E-state index contributed by atoms with van der Waals surface area (Å²) in [6.45, 7) is 1.94. The molecule has 0 unspecified atom stereocenters. The standard InChI is InChI=1S/C35H31N3O2/c39-35-32(22-27-10-4-1-5-11-27)34-33(36-25-38(34)26-40-24-29-12-6-2-7-13-29)20-21-37(35)23-28-16-18-31(19-17-28)30-14-8-3-9-15-30/h1-19,22,25H,20-21,23-24,26H2/b32-22-. The van der Waals surface area contributed by atoms with Gasteiger partial charge in [0, 0.05) is 19.5 Å². The van der Waals surface area contributed by atoms with E-state index in [9.17, 15) is 4.79 Å². The summed E-state index contributed by atoms with van der Waals surface area (Å²) in [5.74, 6) is -0.000418. The lowest BCUT2D eigenvalue weighted by molar-refractivity contribution is -0.125. The quantitative estimate of drug-likeness (QED) is 0.208. The Balaban J connectivity index is 1.26. The molecule has 1 amide bonds. The smallest absolute Gasteiger partial charge is 0.256 e. The first-order chi connectivity index (χ1) is 19.7. The molecule has 198 valence electrons. The summed E-state index contributed by atoms with van der Waals surface area (Å²) >= 11 is 0. The number of imidazole rings is 1. The van der Waals surface area contributed by atoms with Gasteiger partial charge in [0.2, 0.25) is 0 Å². The SMILES string of the molecule is O=C1/C(=C\c2ccccc2)c2c(ncn2COCc2ccccc2)CCN1Cc1ccc(-c2ccccc2)cc1. The van der Waals surface area contributed by atoms with Crippen LogP contribution in [0.1, 0.15) is 28.1 Å². The fraction of sp³-hybridized carbons (Fsp3) is 0.143. The topological polar surface area (TPSA) is 47.4 Å². The molecule has 0 bridgehead atoms. The van der Waals surface area contributed by atoms with Crippen molar-refractivity contribution in [2.24, 2.45) is 0 Å². The Morgan fingerprint density at radius 3 is 2.12 bits per heavy atom. The van der Waals surface area contributed by atoms with Crippen molar-refractivity contribution in [3.63, 3.8) is 0 Å². The number of ether oxygens (including phenoxy) is 1. The predicted octanol–water partition coefficient (Wildman–Crippen LogP) is 6.85. The second-order valence-electron chi connectivity index (χ2n) is 9.98. The number of amides is 1. The van der Waals surface area contributed by atoms with Crippen LogP contribution >= 0.6 is 0 Å². The van der Waals surface area contributed by atoms with Crippen molar-refractivity contribution in [3.05, 3.63) is 150 Å². The number of carbonyl (C=O) groups is 1. The summed E-state index contributed by atoms with van der Waals surface area (Å²) in [5.41, 5.74) is 7.92. The molecular formula is C35H31N3O2. The lowest BCUT2D eigenvalue weighted by atomic mass is 10.0. The fourth-order valence-electron chi connectivity index (χ4n) is 5.12. The van der Waals surface area contributed by atoms with Crippen LogP contribution < -0.4 is 0 Å². The number of carbonyl (C=O) groups excluding carboxylic acids is 1. The highest BCUT2D eigenvalue weighted by molar-refractivity contribution is 6.24. The highest BCUT2D eigenvalue weighted by Gasteiger charge is 2.29. The van der Waals surface area contributed by atoms with Crippen LogP contribution in [0.15, 0.2) is 122 Å². The second kappa shape index (κ2) is 12.0. The van der Waals surface area contributed by atoms with E-state index in [0.29, 0.717) is 38.4 Å². The zero-order valence-corrected chi connectivity index (χ0v) is 22.3. The van der Waals surface area contributed by atoms with Gasteiger partial charge in [-0.15, -0.1) is 0 Å². The maximum Gasteiger partial charge on any atom is 0.256 e. The maximum absolute atomic E-state index is 14.1. The third kappa shape index (κ3) is 5.80. The Labute approximate surface area is 235 Å². The highest BCUT2D eigenvalue weighted by atomic mass is 16.5. The first-order valence-corrected chi connectivity index (χ1v) is 13.6. The van der Waals surface area contributed by atoms with Crippen molar-refractivity contribution in [1.29, 1.82) is 0 Å². The molecule has 0 N–H and O–H groups in total. The van der Waals surface area contributed by atoms with E-state index < -0.39 is 0 Å². The third-order valence-corrected chi connectivity index (χ3v) is 7.19.